The number of hydrazone groups is 1. The molecule has 1 aromatic carbocycles. The number of H-pyrrole nitrogens is 2. The molecule has 2 heterocycles. The molecule has 2 aromatic heterocycles. The molecule has 21 heavy (non-hydrogen) atoms. The van der Waals surface area contributed by atoms with Gasteiger partial charge in [0.25, 0.3) is 5.56 Å². The monoisotopic (exact) mass is 281 g/mol. The number of aromatic nitrogens is 3. The Balaban J connectivity index is 1.88. The molecule has 6 heteroatoms. The minimum atomic E-state index is -0.205. The number of nitrogens with one attached hydrogen (secondary N) is 3. The second-order valence-electron chi connectivity index (χ2n) is 4.81. The average molecular weight is 281 g/mol. The van der Waals surface area contributed by atoms with Crippen molar-refractivity contribution in [2.45, 2.75) is 13.8 Å². The summed E-state index contributed by atoms with van der Waals surface area (Å²) in [6, 6.07) is 9.46. The SMILES string of the molecule is Cc1cc(=O)[nH]c(NN=Cc2c(C)[nH]c3ccccc23)n1. The van der Waals surface area contributed by atoms with E-state index >= 15 is 0 Å². The van der Waals surface area contributed by atoms with Crippen LogP contribution >= 0.6 is 0 Å². The highest BCUT2D eigenvalue weighted by Gasteiger charge is 2.05. The molecule has 106 valence electrons. The predicted octanol–water partition coefficient (Wildman–Crippen LogP) is 2.31. The van der Waals surface area contributed by atoms with Gasteiger partial charge in [-0.05, 0) is 19.9 Å². The van der Waals surface area contributed by atoms with Gasteiger partial charge in [-0.3, -0.25) is 9.78 Å². The second kappa shape index (κ2) is 5.24. The van der Waals surface area contributed by atoms with Crippen LogP contribution in [-0.4, -0.2) is 21.2 Å². The van der Waals surface area contributed by atoms with Crippen molar-refractivity contribution in [2.24, 2.45) is 5.10 Å². The molecule has 3 rings (SSSR count). The Hall–Kier alpha value is -2.89. The van der Waals surface area contributed by atoms with E-state index in [1.54, 1.807) is 13.1 Å². The quantitative estimate of drug-likeness (QED) is 0.508. The van der Waals surface area contributed by atoms with Crippen LogP contribution in [0.1, 0.15) is 17.0 Å². The first-order valence-corrected chi connectivity index (χ1v) is 6.58. The maximum absolute atomic E-state index is 11.3. The standard InChI is InChI=1S/C15H15N5O/c1-9-7-14(21)19-15(17-9)20-16-8-12-10(2)18-13-6-4-3-5-11(12)13/h3-8,18H,1-2H3,(H2,17,19,20,21). The summed E-state index contributed by atoms with van der Waals surface area (Å²) in [6.45, 7) is 3.75. The Morgan fingerprint density at radius 1 is 1.24 bits per heavy atom. The summed E-state index contributed by atoms with van der Waals surface area (Å²) in [4.78, 5) is 21.4. The molecule has 0 bridgehead atoms. The lowest BCUT2D eigenvalue weighted by Crippen LogP contribution is -2.10. The average Bonchev–Trinajstić information content (AvgIpc) is 2.74. The zero-order chi connectivity index (χ0) is 14.8. The molecule has 0 aliphatic heterocycles. The van der Waals surface area contributed by atoms with Crippen LogP contribution in [0.4, 0.5) is 5.95 Å². The smallest absolute Gasteiger partial charge is 0.252 e. The van der Waals surface area contributed by atoms with Crippen molar-refractivity contribution in [1.82, 2.24) is 15.0 Å². The van der Waals surface area contributed by atoms with Crippen molar-refractivity contribution in [1.29, 1.82) is 0 Å². The van der Waals surface area contributed by atoms with E-state index in [-0.39, 0.29) is 5.56 Å². The molecule has 0 spiro atoms. The molecule has 6 nitrogen and oxygen atoms in total. The van der Waals surface area contributed by atoms with Gasteiger partial charge in [0.15, 0.2) is 0 Å². The number of aromatic amines is 2. The van der Waals surface area contributed by atoms with Crippen LogP contribution in [0.15, 0.2) is 40.2 Å². The zero-order valence-corrected chi connectivity index (χ0v) is 11.8. The van der Waals surface area contributed by atoms with E-state index in [0.717, 1.165) is 22.2 Å². The molecule has 0 atom stereocenters. The van der Waals surface area contributed by atoms with Crippen LogP contribution in [0.25, 0.3) is 10.9 Å². The fraction of sp³-hybridized carbons (Fsp3) is 0.133. The second-order valence-corrected chi connectivity index (χ2v) is 4.81. The highest BCUT2D eigenvalue weighted by atomic mass is 16.1. The normalized spacial score (nSPS) is 11.3. The Bertz CT molecular complexity index is 875. The number of anilines is 1. The summed E-state index contributed by atoms with van der Waals surface area (Å²) in [5.41, 5.74) is 6.29. The van der Waals surface area contributed by atoms with Gasteiger partial charge in [-0.1, -0.05) is 18.2 Å². The van der Waals surface area contributed by atoms with E-state index in [1.807, 2.05) is 31.2 Å². The number of para-hydroxylation sites is 1. The lowest BCUT2D eigenvalue weighted by molar-refractivity contribution is 1.04. The maximum Gasteiger partial charge on any atom is 0.252 e. The fourth-order valence-electron chi connectivity index (χ4n) is 2.25. The van der Waals surface area contributed by atoms with Crippen LogP contribution in [-0.2, 0) is 0 Å². The van der Waals surface area contributed by atoms with Gasteiger partial charge in [0.1, 0.15) is 0 Å². The number of nitrogens with zero attached hydrogens (tertiary/aromatic N) is 2. The molecule has 0 saturated heterocycles. The first-order valence-electron chi connectivity index (χ1n) is 6.58. The third-order valence-corrected chi connectivity index (χ3v) is 3.18. The summed E-state index contributed by atoms with van der Waals surface area (Å²) < 4.78 is 0. The van der Waals surface area contributed by atoms with Gasteiger partial charge in [-0.2, -0.15) is 5.10 Å². The van der Waals surface area contributed by atoms with Gasteiger partial charge >= 0.3 is 0 Å². The highest BCUT2D eigenvalue weighted by Crippen LogP contribution is 2.19. The van der Waals surface area contributed by atoms with Crippen molar-refractivity contribution in [3.8, 4) is 0 Å². The Morgan fingerprint density at radius 3 is 2.86 bits per heavy atom. The van der Waals surface area contributed by atoms with Crippen molar-refractivity contribution in [3.05, 3.63) is 57.6 Å². The number of rotatable bonds is 3. The molecule has 0 radical (unpaired) electrons. The summed E-state index contributed by atoms with van der Waals surface area (Å²) in [5, 5.41) is 5.25. The van der Waals surface area contributed by atoms with Crippen molar-refractivity contribution >= 4 is 23.1 Å². The van der Waals surface area contributed by atoms with E-state index in [9.17, 15) is 4.79 Å². The molecule has 0 aliphatic rings. The van der Waals surface area contributed by atoms with Gasteiger partial charge in [-0.25, -0.2) is 10.4 Å². The molecule has 0 unspecified atom stereocenters. The lowest BCUT2D eigenvalue weighted by Gasteiger charge is -1.99. The molecular formula is C15H15N5O. The third kappa shape index (κ3) is 2.69. The first-order chi connectivity index (χ1) is 10.1. The van der Waals surface area contributed by atoms with Gasteiger partial charge in [-0.15, -0.1) is 0 Å². The topological polar surface area (TPSA) is 85.9 Å². The van der Waals surface area contributed by atoms with E-state index in [0.29, 0.717) is 11.6 Å². The van der Waals surface area contributed by atoms with Crippen molar-refractivity contribution in [3.63, 3.8) is 0 Å². The summed E-state index contributed by atoms with van der Waals surface area (Å²) in [5.74, 6) is 0.328. The van der Waals surface area contributed by atoms with Gasteiger partial charge in [0, 0.05) is 33.9 Å². The molecule has 0 aliphatic carbocycles. The number of benzene rings is 1. The van der Waals surface area contributed by atoms with Crippen LogP contribution < -0.4 is 11.0 Å². The van der Waals surface area contributed by atoms with E-state index in [2.05, 4.69) is 25.5 Å². The first kappa shape index (κ1) is 13.1. The molecule has 0 saturated carbocycles. The summed E-state index contributed by atoms with van der Waals surface area (Å²) >= 11 is 0. The lowest BCUT2D eigenvalue weighted by atomic mass is 10.1. The summed E-state index contributed by atoms with van der Waals surface area (Å²) in [7, 11) is 0. The van der Waals surface area contributed by atoms with Crippen LogP contribution in [0.2, 0.25) is 0 Å². The zero-order valence-electron chi connectivity index (χ0n) is 11.8. The minimum Gasteiger partial charge on any atom is -0.358 e. The number of hydrogen-bond donors (Lipinski definition) is 3. The molecule has 3 aromatic rings. The van der Waals surface area contributed by atoms with Gasteiger partial charge in [0.05, 0.1) is 6.21 Å². The highest BCUT2D eigenvalue weighted by molar-refractivity contribution is 6.00. The third-order valence-electron chi connectivity index (χ3n) is 3.18. The predicted molar refractivity (Wildman–Crippen MR) is 83.8 cm³/mol. The van der Waals surface area contributed by atoms with Crippen LogP contribution in [0.5, 0.6) is 0 Å². The maximum atomic E-state index is 11.3. The molecular weight excluding hydrogens is 266 g/mol. The fourth-order valence-corrected chi connectivity index (χ4v) is 2.25. The van der Waals surface area contributed by atoms with E-state index < -0.39 is 0 Å². The van der Waals surface area contributed by atoms with E-state index in [1.165, 1.54) is 6.07 Å². The minimum absolute atomic E-state index is 0.205. The molecule has 3 N–H and O–H groups in total. The van der Waals surface area contributed by atoms with Gasteiger partial charge < -0.3 is 4.98 Å². The summed E-state index contributed by atoms with van der Waals surface area (Å²) in [6.07, 6.45) is 1.72. The Morgan fingerprint density at radius 2 is 2.05 bits per heavy atom. The largest absolute Gasteiger partial charge is 0.358 e. The number of fused-ring (bicyclic) bond motifs is 1. The number of hydrogen-bond acceptors (Lipinski definition) is 4. The molecule has 0 amide bonds. The number of aryl methyl sites for hydroxylation is 2. The van der Waals surface area contributed by atoms with Crippen LogP contribution in [0, 0.1) is 13.8 Å². The van der Waals surface area contributed by atoms with E-state index in [4.69, 9.17) is 0 Å². The van der Waals surface area contributed by atoms with Crippen molar-refractivity contribution < 1.29 is 0 Å². The Labute approximate surface area is 120 Å². The Kier molecular flexibility index (Phi) is 3.27. The molecule has 0 fully saturated rings. The van der Waals surface area contributed by atoms with Gasteiger partial charge in [0.2, 0.25) is 5.95 Å². The van der Waals surface area contributed by atoms with Crippen LogP contribution in [0.3, 0.4) is 0 Å². The van der Waals surface area contributed by atoms with Crippen molar-refractivity contribution in [2.75, 3.05) is 5.43 Å².